The third-order valence-electron chi connectivity index (χ3n) is 4.07. The fourth-order valence-electron chi connectivity index (χ4n) is 2.68. The molecule has 1 aliphatic rings. The Kier molecular flexibility index (Phi) is 4.19. The molecular weight excluding hydrogens is 359 g/mol. The van der Waals surface area contributed by atoms with E-state index in [4.69, 9.17) is 23.2 Å². The van der Waals surface area contributed by atoms with E-state index in [-0.39, 0.29) is 5.91 Å². The summed E-state index contributed by atoms with van der Waals surface area (Å²) in [5, 5.41) is 11.6. The standard InChI is InChI=1S/C18H14Cl2N4O/c19-12-8-15(17(21-9-12)11-3-4-11)22-16(25)6-2-10-1-5-13-14(7-10)23-24-18(13)20/h1-2,5-9,11H,3-4H2,(H,22,25)(H,23,24)/b6-2+. The summed E-state index contributed by atoms with van der Waals surface area (Å²) in [7, 11) is 0. The van der Waals surface area contributed by atoms with Crippen LogP contribution in [0.5, 0.6) is 0 Å². The van der Waals surface area contributed by atoms with Gasteiger partial charge in [-0.3, -0.25) is 14.9 Å². The van der Waals surface area contributed by atoms with Gasteiger partial charge in [-0.1, -0.05) is 29.3 Å². The highest BCUT2D eigenvalue weighted by Gasteiger charge is 2.28. The molecular formula is C18H14Cl2N4O. The number of hydrogen-bond donors (Lipinski definition) is 2. The van der Waals surface area contributed by atoms with Crippen molar-refractivity contribution in [3.8, 4) is 0 Å². The molecule has 1 aromatic carbocycles. The Morgan fingerprint density at radius 3 is 2.92 bits per heavy atom. The molecule has 1 amide bonds. The largest absolute Gasteiger partial charge is 0.321 e. The summed E-state index contributed by atoms with van der Waals surface area (Å²) in [5.74, 6) is 0.189. The number of aromatic amines is 1. The van der Waals surface area contributed by atoms with Crippen molar-refractivity contribution in [2.45, 2.75) is 18.8 Å². The number of benzene rings is 1. The van der Waals surface area contributed by atoms with Gasteiger partial charge in [-0.25, -0.2) is 0 Å². The zero-order valence-electron chi connectivity index (χ0n) is 13.1. The van der Waals surface area contributed by atoms with Crippen molar-refractivity contribution in [2.75, 3.05) is 5.32 Å². The number of halogens is 2. The highest BCUT2D eigenvalue weighted by atomic mass is 35.5. The summed E-state index contributed by atoms with van der Waals surface area (Å²) in [6.45, 7) is 0. The molecule has 1 fully saturated rings. The van der Waals surface area contributed by atoms with Crippen LogP contribution in [0.3, 0.4) is 0 Å². The van der Waals surface area contributed by atoms with Crippen LogP contribution >= 0.6 is 23.2 Å². The number of anilines is 1. The molecule has 126 valence electrons. The third kappa shape index (κ3) is 3.52. The van der Waals surface area contributed by atoms with Crippen molar-refractivity contribution in [1.82, 2.24) is 15.2 Å². The second-order valence-electron chi connectivity index (χ2n) is 6.00. The van der Waals surface area contributed by atoms with Gasteiger partial charge in [-0.15, -0.1) is 0 Å². The van der Waals surface area contributed by atoms with Crippen LogP contribution in [0.15, 0.2) is 36.5 Å². The van der Waals surface area contributed by atoms with Crippen molar-refractivity contribution in [3.63, 3.8) is 0 Å². The number of hydrogen-bond acceptors (Lipinski definition) is 3. The minimum Gasteiger partial charge on any atom is -0.321 e. The van der Waals surface area contributed by atoms with Gasteiger partial charge in [0, 0.05) is 23.6 Å². The maximum atomic E-state index is 12.2. The molecule has 0 spiro atoms. The molecule has 5 nitrogen and oxygen atoms in total. The molecule has 0 bridgehead atoms. The first-order valence-electron chi connectivity index (χ1n) is 7.88. The molecule has 2 N–H and O–H groups in total. The summed E-state index contributed by atoms with van der Waals surface area (Å²) >= 11 is 12.0. The molecule has 0 saturated heterocycles. The number of carbonyl (C=O) groups excluding carboxylic acids is 1. The highest BCUT2D eigenvalue weighted by Crippen LogP contribution is 2.42. The van der Waals surface area contributed by atoms with Crippen LogP contribution in [0.25, 0.3) is 17.0 Å². The zero-order chi connectivity index (χ0) is 17.4. The van der Waals surface area contributed by atoms with Crippen molar-refractivity contribution >= 4 is 51.8 Å². The summed E-state index contributed by atoms with van der Waals surface area (Å²) in [4.78, 5) is 16.6. The Morgan fingerprint density at radius 1 is 1.28 bits per heavy atom. The van der Waals surface area contributed by atoms with Crippen LogP contribution in [-0.2, 0) is 4.79 Å². The van der Waals surface area contributed by atoms with E-state index in [0.29, 0.717) is 21.8 Å². The van der Waals surface area contributed by atoms with Gasteiger partial charge in [0.15, 0.2) is 0 Å². The number of aromatic nitrogens is 3. The monoisotopic (exact) mass is 372 g/mol. The van der Waals surface area contributed by atoms with Gasteiger partial charge in [0.2, 0.25) is 5.91 Å². The van der Waals surface area contributed by atoms with Crippen molar-refractivity contribution < 1.29 is 4.79 Å². The molecule has 0 atom stereocenters. The van der Waals surface area contributed by atoms with Gasteiger partial charge in [-0.2, -0.15) is 5.10 Å². The van der Waals surface area contributed by atoms with E-state index in [1.807, 2.05) is 18.2 Å². The lowest BCUT2D eigenvalue weighted by Crippen LogP contribution is -2.10. The second kappa shape index (κ2) is 6.50. The van der Waals surface area contributed by atoms with E-state index in [1.54, 1.807) is 18.3 Å². The lowest BCUT2D eigenvalue weighted by atomic mass is 10.1. The average molecular weight is 373 g/mol. The minimum absolute atomic E-state index is 0.230. The number of nitrogens with zero attached hydrogens (tertiary/aromatic N) is 2. The van der Waals surface area contributed by atoms with Gasteiger partial charge >= 0.3 is 0 Å². The molecule has 25 heavy (non-hydrogen) atoms. The number of fused-ring (bicyclic) bond motifs is 1. The molecule has 3 aromatic rings. The van der Waals surface area contributed by atoms with E-state index < -0.39 is 0 Å². The van der Waals surface area contributed by atoms with Crippen LogP contribution in [0, 0.1) is 0 Å². The Balaban J connectivity index is 1.51. The average Bonchev–Trinajstić information content (AvgIpc) is 3.37. The zero-order valence-corrected chi connectivity index (χ0v) is 14.6. The number of nitrogens with one attached hydrogen (secondary N) is 2. The number of amides is 1. The van der Waals surface area contributed by atoms with Gasteiger partial charge in [0.1, 0.15) is 5.15 Å². The predicted octanol–water partition coefficient (Wildman–Crippen LogP) is 4.79. The number of H-pyrrole nitrogens is 1. The van der Waals surface area contributed by atoms with Crippen LogP contribution in [0.4, 0.5) is 5.69 Å². The lowest BCUT2D eigenvalue weighted by molar-refractivity contribution is -0.111. The van der Waals surface area contributed by atoms with E-state index in [2.05, 4.69) is 20.5 Å². The van der Waals surface area contributed by atoms with Crippen LogP contribution in [0.2, 0.25) is 10.2 Å². The van der Waals surface area contributed by atoms with Crippen molar-refractivity contribution in [2.24, 2.45) is 0 Å². The molecule has 2 heterocycles. The van der Waals surface area contributed by atoms with E-state index >= 15 is 0 Å². The summed E-state index contributed by atoms with van der Waals surface area (Å²) in [6.07, 6.45) is 7.02. The normalized spacial score (nSPS) is 14.3. The minimum atomic E-state index is -0.230. The maximum absolute atomic E-state index is 12.2. The van der Waals surface area contributed by atoms with E-state index in [0.717, 1.165) is 35.0 Å². The number of rotatable bonds is 4. The Hall–Kier alpha value is -2.37. The first kappa shape index (κ1) is 16.1. The summed E-state index contributed by atoms with van der Waals surface area (Å²) in [6, 6.07) is 7.35. The van der Waals surface area contributed by atoms with Crippen LogP contribution in [-0.4, -0.2) is 21.1 Å². The quantitative estimate of drug-likeness (QED) is 0.646. The van der Waals surface area contributed by atoms with Crippen LogP contribution in [0.1, 0.15) is 30.0 Å². The molecule has 1 aliphatic carbocycles. The van der Waals surface area contributed by atoms with Gasteiger partial charge in [-0.05, 0) is 42.7 Å². The van der Waals surface area contributed by atoms with Crippen molar-refractivity contribution in [3.05, 3.63) is 58.0 Å². The topological polar surface area (TPSA) is 70.7 Å². The molecule has 7 heteroatoms. The van der Waals surface area contributed by atoms with Crippen LogP contribution < -0.4 is 5.32 Å². The highest BCUT2D eigenvalue weighted by molar-refractivity contribution is 6.34. The smallest absolute Gasteiger partial charge is 0.248 e. The number of pyridine rings is 1. The first-order chi connectivity index (χ1) is 12.1. The SMILES string of the molecule is O=C(/C=C/c1ccc2c(Cl)[nH]nc2c1)Nc1cc(Cl)cnc1C1CC1. The molecule has 2 aromatic heterocycles. The number of carbonyl (C=O) groups is 1. The summed E-state index contributed by atoms with van der Waals surface area (Å²) < 4.78 is 0. The molecule has 4 rings (SSSR count). The lowest BCUT2D eigenvalue weighted by Gasteiger charge is -2.08. The third-order valence-corrected chi connectivity index (χ3v) is 4.56. The molecule has 0 unspecified atom stereocenters. The van der Waals surface area contributed by atoms with E-state index in [1.165, 1.54) is 6.08 Å². The Labute approximate surface area is 154 Å². The summed E-state index contributed by atoms with van der Waals surface area (Å²) in [5.41, 5.74) is 3.19. The van der Waals surface area contributed by atoms with E-state index in [9.17, 15) is 4.79 Å². The second-order valence-corrected chi connectivity index (χ2v) is 6.81. The fourth-order valence-corrected chi connectivity index (χ4v) is 3.04. The Bertz CT molecular complexity index is 992. The van der Waals surface area contributed by atoms with Gasteiger partial charge in [0.05, 0.1) is 21.9 Å². The van der Waals surface area contributed by atoms with Gasteiger partial charge < -0.3 is 5.32 Å². The van der Waals surface area contributed by atoms with Gasteiger partial charge in [0.25, 0.3) is 0 Å². The first-order valence-corrected chi connectivity index (χ1v) is 8.64. The fraction of sp³-hybridized carbons (Fsp3) is 0.167. The predicted molar refractivity (Wildman–Crippen MR) is 100.0 cm³/mol. The van der Waals surface area contributed by atoms with Crippen molar-refractivity contribution in [1.29, 1.82) is 0 Å². The molecule has 0 aliphatic heterocycles. The Morgan fingerprint density at radius 2 is 2.12 bits per heavy atom. The molecule has 0 radical (unpaired) electrons. The maximum Gasteiger partial charge on any atom is 0.248 e. The molecule has 1 saturated carbocycles.